The molecule has 0 aliphatic heterocycles. The molecule has 5 heteroatoms. The molecule has 232 valence electrons. The lowest BCUT2D eigenvalue weighted by atomic mass is 9.33. The van der Waals surface area contributed by atoms with E-state index < -0.39 is 5.41 Å². The Kier molecular flexibility index (Phi) is 6.26. The number of aromatic amines is 1. The highest BCUT2D eigenvalue weighted by molar-refractivity contribution is 5.79. The van der Waals surface area contributed by atoms with Crippen molar-refractivity contribution < 1.29 is 9.53 Å². The van der Waals surface area contributed by atoms with Crippen LogP contribution in [0.25, 0.3) is 0 Å². The molecule has 3 unspecified atom stereocenters. The highest BCUT2D eigenvalue weighted by Crippen LogP contribution is 2.75. The fraction of sp³-hybridized carbons (Fsp3) is 0.684. The van der Waals surface area contributed by atoms with Crippen LogP contribution in [0.3, 0.4) is 0 Å². The molecule has 0 amide bonds. The highest BCUT2D eigenvalue weighted by atomic mass is 16.5. The normalized spacial score (nSPS) is 40.5. The molecule has 0 bridgehead atoms. The largest absolute Gasteiger partial charge is 0.460 e. The van der Waals surface area contributed by atoms with Crippen LogP contribution in [0.4, 0.5) is 5.82 Å². The van der Waals surface area contributed by atoms with Crippen LogP contribution in [-0.4, -0.2) is 16.2 Å². The summed E-state index contributed by atoms with van der Waals surface area (Å²) in [6.07, 6.45) is 12.3. The summed E-state index contributed by atoms with van der Waals surface area (Å²) >= 11 is 0. The summed E-state index contributed by atoms with van der Waals surface area (Å²) in [6.45, 7) is 17.8. The molecule has 7 rings (SSSR count). The number of carbonyl (C=O) groups is 1. The second-order valence-electron chi connectivity index (χ2n) is 17.3. The van der Waals surface area contributed by atoms with Crippen LogP contribution in [0.15, 0.2) is 42.0 Å². The van der Waals surface area contributed by atoms with E-state index in [4.69, 9.17) is 15.6 Å². The molecule has 5 aliphatic carbocycles. The van der Waals surface area contributed by atoms with E-state index in [1.54, 1.807) is 5.57 Å². The van der Waals surface area contributed by atoms with Crippen molar-refractivity contribution in [3.05, 3.63) is 58.8 Å². The fourth-order valence-electron chi connectivity index (χ4n) is 11.9. The zero-order valence-electron chi connectivity index (χ0n) is 27.6. The van der Waals surface area contributed by atoms with Gasteiger partial charge >= 0.3 is 5.97 Å². The molecule has 3 fully saturated rings. The highest BCUT2D eigenvalue weighted by Gasteiger charge is 2.69. The predicted molar refractivity (Wildman–Crippen MR) is 172 cm³/mol. The van der Waals surface area contributed by atoms with Crippen molar-refractivity contribution in [2.75, 3.05) is 5.73 Å². The molecule has 0 spiro atoms. The van der Waals surface area contributed by atoms with E-state index in [1.165, 1.54) is 24.1 Å². The van der Waals surface area contributed by atoms with Gasteiger partial charge in [0.15, 0.2) is 0 Å². The molecule has 7 atom stereocenters. The third kappa shape index (κ3) is 3.88. The quantitative estimate of drug-likeness (QED) is 0.280. The van der Waals surface area contributed by atoms with E-state index in [0.717, 1.165) is 56.3 Å². The number of nitrogens with zero attached hydrogens (tertiary/aromatic N) is 1. The molecule has 5 nitrogen and oxygen atoms in total. The summed E-state index contributed by atoms with van der Waals surface area (Å²) in [7, 11) is 0. The Hall–Kier alpha value is -2.56. The number of anilines is 1. The van der Waals surface area contributed by atoms with E-state index in [1.807, 2.05) is 18.2 Å². The van der Waals surface area contributed by atoms with Crippen LogP contribution in [0, 0.1) is 44.8 Å². The third-order valence-corrected chi connectivity index (χ3v) is 14.5. The molecule has 1 heterocycles. The predicted octanol–water partition coefficient (Wildman–Crippen LogP) is 8.55. The maximum atomic E-state index is 14.2. The summed E-state index contributed by atoms with van der Waals surface area (Å²) in [5, 5.41) is 7.89. The molecule has 1 aromatic heterocycles. The smallest absolute Gasteiger partial charge is 0.313 e. The minimum atomic E-state index is -0.410. The number of nitrogens with two attached hydrogens (primary N) is 1. The Balaban J connectivity index is 1.27. The molecule has 43 heavy (non-hydrogen) atoms. The molecule has 0 saturated heterocycles. The summed E-state index contributed by atoms with van der Waals surface area (Å²) in [6, 6.07) is 10.2. The van der Waals surface area contributed by atoms with Gasteiger partial charge in [-0.2, -0.15) is 5.10 Å². The van der Waals surface area contributed by atoms with Crippen molar-refractivity contribution in [1.29, 1.82) is 0 Å². The molecule has 2 aromatic rings. The number of H-pyrrole nitrogens is 1. The summed E-state index contributed by atoms with van der Waals surface area (Å²) in [4.78, 5) is 14.2. The van der Waals surface area contributed by atoms with Gasteiger partial charge in [-0.15, -0.1) is 0 Å². The number of benzene rings is 1. The SMILES string of the molecule is CC1(C)CC[C@]2(C(=O)OCc3ccccc3)CC[C@]3(C)C(=CCC4[C@@]5(C)Cc6c(n[nH]c6N)C(C)(C)C5CC[C@]43C)C2C1. The van der Waals surface area contributed by atoms with Crippen LogP contribution >= 0.6 is 0 Å². The van der Waals surface area contributed by atoms with Crippen LogP contribution in [0.5, 0.6) is 0 Å². The van der Waals surface area contributed by atoms with Gasteiger partial charge in [0, 0.05) is 11.0 Å². The van der Waals surface area contributed by atoms with E-state index >= 15 is 0 Å². The van der Waals surface area contributed by atoms with Crippen molar-refractivity contribution in [1.82, 2.24) is 10.2 Å². The first kappa shape index (κ1) is 29.2. The second-order valence-corrected chi connectivity index (χ2v) is 17.3. The Morgan fingerprint density at radius 2 is 1.70 bits per heavy atom. The molecule has 5 aliphatic rings. The number of fused-ring (bicyclic) bond motifs is 8. The summed E-state index contributed by atoms with van der Waals surface area (Å²) in [5.41, 5.74) is 11.8. The van der Waals surface area contributed by atoms with E-state index in [9.17, 15) is 4.79 Å². The maximum Gasteiger partial charge on any atom is 0.313 e. The zero-order chi connectivity index (χ0) is 30.6. The van der Waals surface area contributed by atoms with Crippen molar-refractivity contribution in [3.8, 4) is 0 Å². The molecular weight excluding hydrogens is 530 g/mol. The first-order valence-corrected chi connectivity index (χ1v) is 16.9. The van der Waals surface area contributed by atoms with Crippen LogP contribution in [-0.2, 0) is 28.0 Å². The average molecular weight is 584 g/mol. The van der Waals surface area contributed by atoms with Gasteiger partial charge in [0.05, 0.1) is 11.1 Å². The standard InChI is InChI=1S/C38H53N3O2/c1-33(2)17-19-38(32(42)43-23-24-11-9-8-10-12-24)20-18-36(6)26(27(38)22-33)13-14-29-35(5)21-25-30(40-41-31(25)39)34(3,4)28(35)15-16-37(29,36)7/h8-13,27-29H,14-23H2,1-7H3,(H3,39,40,41)/t27?,28?,29?,35-,36+,37+,38-/m0/s1. The van der Waals surface area contributed by atoms with Gasteiger partial charge in [-0.1, -0.05) is 90.4 Å². The fourth-order valence-corrected chi connectivity index (χ4v) is 11.9. The number of carbonyl (C=O) groups excluding carboxylic acids is 1. The molecule has 3 N–H and O–H groups in total. The first-order chi connectivity index (χ1) is 20.2. The van der Waals surface area contributed by atoms with Crippen LogP contribution in [0.2, 0.25) is 0 Å². The Bertz CT molecular complexity index is 1470. The number of hydrogen-bond donors (Lipinski definition) is 2. The Labute approximate surface area is 258 Å². The van der Waals surface area contributed by atoms with Gasteiger partial charge < -0.3 is 10.5 Å². The Morgan fingerprint density at radius 1 is 0.977 bits per heavy atom. The number of esters is 1. The van der Waals surface area contributed by atoms with Gasteiger partial charge in [0.25, 0.3) is 0 Å². The second kappa shape index (κ2) is 9.23. The van der Waals surface area contributed by atoms with E-state index in [0.29, 0.717) is 18.4 Å². The van der Waals surface area contributed by atoms with E-state index in [-0.39, 0.29) is 39.0 Å². The number of allylic oxidation sites excluding steroid dienone is 2. The summed E-state index contributed by atoms with van der Waals surface area (Å²) in [5.74, 6) is 2.17. The number of rotatable bonds is 3. The summed E-state index contributed by atoms with van der Waals surface area (Å²) < 4.78 is 6.20. The van der Waals surface area contributed by atoms with Crippen molar-refractivity contribution in [2.45, 2.75) is 118 Å². The number of nitrogen functional groups attached to an aromatic ring is 1. The molecule has 3 saturated carbocycles. The number of ether oxygens (including phenoxy) is 1. The topological polar surface area (TPSA) is 81.0 Å². The van der Waals surface area contributed by atoms with Crippen LogP contribution in [0.1, 0.15) is 117 Å². The monoisotopic (exact) mass is 583 g/mol. The minimum absolute atomic E-state index is 0.0136. The molecule has 0 radical (unpaired) electrons. The lowest BCUT2D eigenvalue weighted by molar-refractivity contribution is -0.182. The van der Waals surface area contributed by atoms with Crippen molar-refractivity contribution >= 4 is 11.8 Å². The lowest BCUT2D eigenvalue weighted by Gasteiger charge is -2.70. The average Bonchev–Trinajstić information content (AvgIpc) is 3.32. The van der Waals surface area contributed by atoms with E-state index in [2.05, 4.69) is 71.8 Å². The first-order valence-electron chi connectivity index (χ1n) is 16.9. The van der Waals surface area contributed by atoms with Gasteiger partial charge in [-0.3, -0.25) is 9.89 Å². The lowest BCUT2D eigenvalue weighted by Crippen LogP contribution is -2.64. The van der Waals surface area contributed by atoms with Crippen molar-refractivity contribution in [2.24, 2.45) is 44.8 Å². The van der Waals surface area contributed by atoms with Crippen molar-refractivity contribution in [3.63, 3.8) is 0 Å². The van der Waals surface area contributed by atoms with Crippen LogP contribution < -0.4 is 5.73 Å². The molecule has 1 aromatic carbocycles. The number of hydrogen-bond acceptors (Lipinski definition) is 4. The zero-order valence-corrected chi connectivity index (χ0v) is 27.6. The number of aromatic nitrogens is 2. The van der Waals surface area contributed by atoms with Gasteiger partial charge in [-0.05, 0) is 103 Å². The number of nitrogens with one attached hydrogen (secondary N) is 1. The minimum Gasteiger partial charge on any atom is -0.460 e. The molecular formula is C38H53N3O2. The third-order valence-electron chi connectivity index (χ3n) is 14.5. The Morgan fingerprint density at radius 3 is 2.44 bits per heavy atom. The van der Waals surface area contributed by atoms with Gasteiger partial charge in [0.2, 0.25) is 0 Å². The van der Waals surface area contributed by atoms with Gasteiger partial charge in [-0.25, -0.2) is 0 Å². The van der Waals surface area contributed by atoms with Gasteiger partial charge in [0.1, 0.15) is 12.4 Å². The maximum absolute atomic E-state index is 14.2.